The lowest BCUT2D eigenvalue weighted by molar-refractivity contribution is -0.138. The highest BCUT2D eigenvalue weighted by molar-refractivity contribution is 6.14. The van der Waals surface area contributed by atoms with Gasteiger partial charge in [-0.2, -0.15) is 0 Å². The Kier molecular flexibility index (Phi) is 25.7. The van der Waals surface area contributed by atoms with Gasteiger partial charge >= 0.3 is 35.8 Å². The van der Waals surface area contributed by atoms with Crippen molar-refractivity contribution in [3.63, 3.8) is 0 Å². The number of hydrogen-bond acceptors (Lipinski definition) is 11. The van der Waals surface area contributed by atoms with E-state index in [-0.39, 0.29) is 38.1 Å². The number of rotatable bonds is 19. The zero-order valence-corrected chi connectivity index (χ0v) is 33.1. The summed E-state index contributed by atoms with van der Waals surface area (Å²) >= 11 is 0. The van der Waals surface area contributed by atoms with Crippen LogP contribution in [-0.4, -0.2) is 81.2 Å². The van der Waals surface area contributed by atoms with Crippen LogP contribution >= 0.6 is 0 Å². The molecule has 308 valence electrons. The fraction of sp³-hybridized carbons (Fsp3) is 0.571. The molecular formula is C42H62O13. The Morgan fingerprint density at radius 2 is 1.00 bits per heavy atom. The highest BCUT2D eigenvalue weighted by atomic mass is 16.6. The van der Waals surface area contributed by atoms with Gasteiger partial charge in [0.05, 0.1) is 36.5 Å². The van der Waals surface area contributed by atoms with E-state index >= 15 is 0 Å². The van der Waals surface area contributed by atoms with Gasteiger partial charge in [-0.15, -0.1) is 0 Å². The second-order valence-electron chi connectivity index (χ2n) is 14.7. The van der Waals surface area contributed by atoms with E-state index in [4.69, 9.17) is 30.3 Å². The average molecular weight is 775 g/mol. The molecule has 0 saturated carbocycles. The molecule has 0 fully saturated rings. The predicted molar refractivity (Wildman–Crippen MR) is 207 cm³/mol. The second-order valence-corrected chi connectivity index (χ2v) is 14.7. The molecule has 13 heteroatoms. The Labute approximate surface area is 325 Å². The summed E-state index contributed by atoms with van der Waals surface area (Å²) in [5, 5.41) is 42.0. The molecule has 0 atom stereocenters. The Hall–Kier alpha value is -4.46. The summed E-state index contributed by atoms with van der Waals surface area (Å²) in [6.45, 7) is 9.59. The zero-order chi connectivity index (χ0) is 41.9. The summed E-state index contributed by atoms with van der Waals surface area (Å²) in [7, 11) is 0. The lowest BCUT2D eigenvalue weighted by atomic mass is 9.87. The Bertz CT molecular complexity index is 1400. The molecule has 13 nitrogen and oxygen atoms in total. The number of benzene rings is 2. The monoisotopic (exact) mass is 774 g/mol. The largest absolute Gasteiger partial charge is 0.481 e. The molecule has 1 aliphatic rings. The number of carbonyl (C=O) groups is 6. The first-order chi connectivity index (χ1) is 25.9. The molecular weight excluding hydrogens is 712 g/mol. The maximum absolute atomic E-state index is 11.9. The first-order valence-electron chi connectivity index (χ1n) is 18.9. The number of fused-ring (bicyclic) bond motifs is 1. The molecule has 0 bridgehead atoms. The SMILES string of the molecule is CC(CO)(CO)CO.CCCCCCCCC(=O)OC(=O)c1ccc(C(C)(C)C)cc1.O=C(O)CCCCCCCC(=O)O.O=C1OC(=O)c2ccccc21. The van der Waals surface area contributed by atoms with E-state index < -0.39 is 41.2 Å². The number of aliphatic hydroxyl groups excluding tert-OH is 3. The molecule has 2 aromatic carbocycles. The normalized spacial score (nSPS) is 11.7. The molecule has 3 rings (SSSR count). The van der Waals surface area contributed by atoms with Crippen LogP contribution in [0.2, 0.25) is 0 Å². The van der Waals surface area contributed by atoms with E-state index in [9.17, 15) is 28.8 Å². The van der Waals surface area contributed by atoms with Crippen LogP contribution in [0.1, 0.15) is 161 Å². The Morgan fingerprint density at radius 3 is 1.36 bits per heavy atom. The van der Waals surface area contributed by atoms with E-state index in [1.807, 2.05) is 12.1 Å². The highest BCUT2D eigenvalue weighted by Gasteiger charge is 2.28. The molecule has 5 N–H and O–H groups in total. The molecule has 1 aliphatic heterocycles. The number of hydrogen-bond donors (Lipinski definition) is 5. The number of ether oxygens (including phenoxy) is 2. The summed E-state index contributed by atoms with van der Waals surface area (Å²) in [4.78, 5) is 65.5. The van der Waals surface area contributed by atoms with E-state index in [1.54, 1.807) is 43.3 Å². The number of aliphatic hydroxyl groups is 3. The fourth-order valence-corrected chi connectivity index (χ4v) is 4.64. The van der Waals surface area contributed by atoms with Crippen molar-refractivity contribution in [2.75, 3.05) is 19.8 Å². The smallest absolute Gasteiger partial charge is 0.346 e. The van der Waals surface area contributed by atoms with Gasteiger partial charge in [-0.25, -0.2) is 14.4 Å². The highest BCUT2D eigenvalue weighted by Crippen LogP contribution is 2.22. The third-order valence-corrected chi connectivity index (χ3v) is 8.41. The number of unbranched alkanes of at least 4 members (excludes halogenated alkanes) is 9. The molecule has 0 unspecified atom stereocenters. The number of carbonyl (C=O) groups excluding carboxylic acids is 4. The van der Waals surface area contributed by atoms with Gasteiger partial charge in [0, 0.05) is 24.7 Å². The van der Waals surface area contributed by atoms with Crippen LogP contribution in [0.25, 0.3) is 0 Å². The summed E-state index contributed by atoms with van der Waals surface area (Å²) in [5.41, 5.74) is 1.62. The summed E-state index contributed by atoms with van der Waals surface area (Å²) < 4.78 is 9.27. The quantitative estimate of drug-likeness (QED) is 0.0539. The van der Waals surface area contributed by atoms with Crippen molar-refractivity contribution in [2.45, 2.75) is 130 Å². The minimum absolute atomic E-state index is 0.0377. The van der Waals surface area contributed by atoms with Gasteiger partial charge in [0.15, 0.2) is 0 Å². The number of esters is 4. The van der Waals surface area contributed by atoms with Gasteiger partial charge in [0.1, 0.15) is 0 Å². The molecule has 0 amide bonds. The zero-order valence-electron chi connectivity index (χ0n) is 33.1. The van der Waals surface area contributed by atoms with Crippen molar-refractivity contribution < 1.29 is 63.8 Å². The molecule has 0 spiro atoms. The van der Waals surface area contributed by atoms with Crippen molar-refractivity contribution in [2.24, 2.45) is 5.41 Å². The summed E-state index contributed by atoms with van der Waals surface area (Å²) in [6, 6.07) is 13.8. The van der Waals surface area contributed by atoms with Gasteiger partial charge < -0.3 is 35.0 Å². The first-order valence-corrected chi connectivity index (χ1v) is 18.9. The number of cyclic esters (lactones) is 2. The van der Waals surface area contributed by atoms with Crippen molar-refractivity contribution in [1.29, 1.82) is 0 Å². The molecule has 0 radical (unpaired) electrons. The van der Waals surface area contributed by atoms with Gasteiger partial charge in [-0.1, -0.05) is 110 Å². The van der Waals surface area contributed by atoms with Gasteiger partial charge in [0.25, 0.3) is 0 Å². The van der Waals surface area contributed by atoms with Crippen LogP contribution in [0.5, 0.6) is 0 Å². The van der Waals surface area contributed by atoms with Crippen molar-refractivity contribution in [3.05, 3.63) is 70.8 Å². The molecule has 0 saturated heterocycles. The molecule has 1 heterocycles. The Balaban J connectivity index is 0.000000770. The van der Waals surface area contributed by atoms with Gasteiger partial charge in [-0.05, 0) is 54.5 Å². The molecule has 2 aromatic rings. The van der Waals surface area contributed by atoms with Crippen LogP contribution < -0.4 is 0 Å². The Morgan fingerprint density at radius 1 is 0.600 bits per heavy atom. The first kappa shape index (κ1) is 50.5. The van der Waals surface area contributed by atoms with Gasteiger partial charge in [0.2, 0.25) is 0 Å². The average Bonchev–Trinajstić information content (AvgIpc) is 3.45. The van der Waals surface area contributed by atoms with E-state index in [0.29, 0.717) is 36.0 Å². The van der Waals surface area contributed by atoms with Crippen LogP contribution in [0, 0.1) is 5.41 Å². The number of aliphatic carboxylic acids is 2. The fourth-order valence-electron chi connectivity index (χ4n) is 4.64. The standard InChI is InChI=1S/C20H30O3.C9H16O4.C8H4O3.C5H12O3/c1-5-6-7-8-9-10-11-18(21)23-19(22)16-12-14-17(15-13-16)20(2,3)4;10-8(11)6-4-2-1-3-5-7-9(12)13;9-7-5-3-1-2-4-6(5)8(10)11-7;1-5(2-6,3-7)4-8/h12-15H,5-11H2,1-4H3;1-7H2,(H,10,11)(H,12,13);1-4H;6-8H,2-4H2,1H3. The van der Waals surface area contributed by atoms with Crippen LogP contribution in [-0.2, 0) is 29.3 Å². The van der Waals surface area contributed by atoms with Crippen molar-refractivity contribution in [3.8, 4) is 0 Å². The predicted octanol–water partition coefficient (Wildman–Crippen LogP) is 7.27. The maximum Gasteiger partial charge on any atom is 0.346 e. The van der Waals surface area contributed by atoms with Crippen molar-refractivity contribution in [1.82, 2.24) is 0 Å². The lowest BCUT2D eigenvalue weighted by Crippen LogP contribution is -2.29. The molecule has 55 heavy (non-hydrogen) atoms. The van der Waals surface area contributed by atoms with Crippen LogP contribution in [0.15, 0.2) is 48.5 Å². The van der Waals surface area contributed by atoms with E-state index in [1.165, 1.54) is 19.3 Å². The summed E-state index contributed by atoms with van der Waals surface area (Å²) in [6.07, 6.45) is 11.5. The minimum Gasteiger partial charge on any atom is -0.481 e. The minimum atomic E-state index is -0.759. The molecule has 0 aromatic heterocycles. The second kappa shape index (κ2) is 28.0. The maximum atomic E-state index is 11.9. The van der Waals surface area contributed by atoms with Crippen LogP contribution in [0.4, 0.5) is 0 Å². The third kappa shape index (κ3) is 23.2. The lowest BCUT2D eigenvalue weighted by Gasteiger charge is -2.20. The van der Waals surface area contributed by atoms with Crippen LogP contribution in [0.3, 0.4) is 0 Å². The van der Waals surface area contributed by atoms with Crippen molar-refractivity contribution >= 4 is 35.8 Å². The summed E-state index contributed by atoms with van der Waals surface area (Å²) in [5.74, 6) is -3.60. The topological polar surface area (TPSA) is 222 Å². The molecule has 0 aliphatic carbocycles. The van der Waals surface area contributed by atoms with Gasteiger partial charge in [-0.3, -0.25) is 14.4 Å². The number of carboxylic acid groups (broad SMARTS) is 2. The number of carboxylic acids is 2. The third-order valence-electron chi connectivity index (χ3n) is 8.41. The van der Waals surface area contributed by atoms with E-state index in [2.05, 4.69) is 32.4 Å². The van der Waals surface area contributed by atoms with E-state index in [0.717, 1.165) is 44.1 Å².